The number of hydrogen-bond donors (Lipinski definition) is 2. The van der Waals surface area contributed by atoms with Crippen molar-refractivity contribution in [3.05, 3.63) is 41.1 Å². The summed E-state index contributed by atoms with van der Waals surface area (Å²) in [4.78, 5) is 11.2. The van der Waals surface area contributed by atoms with E-state index in [1.54, 1.807) is 6.92 Å². The third-order valence-corrected chi connectivity index (χ3v) is 3.37. The number of ketones is 1. The highest BCUT2D eigenvalue weighted by molar-refractivity contribution is 5.94. The average molecular weight is 241 g/mol. The molecular formula is C14H15N3O. The minimum Gasteiger partial charge on any atom is -0.312 e. The number of nitrogens with zero attached hydrogens (tertiary/aromatic N) is 1. The van der Waals surface area contributed by atoms with Crippen molar-refractivity contribution in [2.24, 2.45) is 0 Å². The van der Waals surface area contributed by atoms with Crippen molar-refractivity contribution in [2.45, 2.75) is 19.9 Å². The lowest BCUT2D eigenvalue weighted by Crippen LogP contribution is -2.23. The maximum atomic E-state index is 11.2. The fraction of sp³-hybridized carbons (Fsp3) is 0.286. The number of carbonyl (C=O) groups excluding carboxylic acids is 1. The van der Waals surface area contributed by atoms with Crippen LogP contribution in [0.2, 0.25) is 0 Å². The highest BCUT2D eigenvalue weighted by atomic mass is 16.1. The molecule has 0 aliphatic carbocycles. The third-order valence-electron chi connectivity index (χ3n) is 3.37. The lowest BCUT2D eigenvalue weighted by Gasteiger charge is -2.13. The lowest BCUT2D eigenvalue weighted by atomic mass is 10.0. The van der Waals surface area contributed by atoms with E-state index in [-0.39, 0.29) is 5.78 Å². The zero-order chi connectivity index (χ0) is 12.5. The molecule has 4 nitrogen and oxygen atoms in total. The summed E-state index contributed by atoms with van der Waals surface area (Å²) in [6.45, 7) is 3.43. The Labute approximate surface area is 105 Å². The monoisotopic (exact) mass is 241 g/mol. The van der Waals surface area contributed by atoms with Crippen molar-refractivity contribution in [3.63, 3.8) is 0 Å². The van der Waals surface area contributed by atoms with Crippen molar-refractivity contribution in [2.75, 3.05) is 6.54 Å². The van der Waals surface area contributed by atoms with Gasteiger partial charge in [-0.2, -0.15) is 5.10 Å². The zero-order valence-electron chi connectivity index (χ0n) is 10.3. The van der Waals surface area contributed by atoms with Gasteiger partial charge in [-0.15, -0.1) is 0 Å². The molecule has 1 aliphatic heterocycles. The first kappa shape index (κ1) is 11.2. The van der Waals surface area contributed by atoms with Gasteiger partial charge in [0.25, 0.3) is 0 Å². The van der Waals surface area contributed by atoms with Gasteiger partial charge in [-0.1, -0.05) is 24.3 Å². The quantitative estimate of drug-likeness (QED) is 0.790. The molecule has 18 heavy (non-hydrogen) atoms. The summed E-state index contributed by atoms with van der Waals surface area (Å²) in [6, 6.07) is 7.63. The van der Waals surface area contributed by atoms with Crippen molar-refractivity contribution in [1.29, 1.82) is 0 Å². The molecule has 0 amide bonds. The molecule has 0 atom stereocenters. The number of H-pyrrole nitrogens is 1. The second-order valence-corrected chi connectivity index (χ2v) is 4.59. The second kappa shape index (κ2) is 4.38. The van der Waals surface area contributed by atoms with Crippen molar-refractivity contribution < 1.29 is 4.79 Å². The molecule has 0 bridgehead atoms. The molecule has 2 aromatic rings. The Kier molecular flexibility index (Phi) is 2.72. The molecule has 92 valence electrons. The summed E-state index contributed by atoms with van der Waals surface area (Å²) in [5.74, 6) is 0.0901. The normalized spacial score (nSPS) is 14.3. The molecular weight excluding hydrogens is 226 g/mol. The minimum atomic E-state index is 0.0901. The fourth-order valence-electron chi connectivity index (χ4n) is 2.33. The number of Topliss-reactive ketones (excluding diaryl/α,β-unsaturated/α-hetero) is 1. The van der Waals surface area contributed by atoms with E-state index in [0.717, 1.165) is 36.3 Å². The van der Waals surface area contributed by atoms with E-state index in [0.29, 0.717) is 0 Å². The van der Waals surface area contributed by atoms with Crippen LogP contribution in [0.4, 0.5) is 0 Å². The predicted molar refractivity (Wildman–Crippen MR) is 69.4 cm³/mol. The number of aromatic nitrogens is 2. The Morgan fingerprint density at radius 1 is 1.28 bits per heavy atom. The van der Waals surface area contributed by atoms with E-state index in [2.05, 4.69) is 15.5 Å². The average Bonchev–Trinajstić information content (AvgIpc) is 2.82. The van der Waals surface area contributed by atoms with Gasteiger partial charge in [0.05, 0.1) is 5.69 Å². The highest BCUT2D eigenvalue weighted by Gasteiger charge is 2.17. The van der Waals surface area contributed by atoms with Gasteiger partial charge in [-0.25, -0.2) is 0 Å². The Morgan fingerprint density at radius 3 is 2.78 bits per heavy atom. The van der Waals surface area contributed by atoms with Gasteiger partial charge >= 0.3 is 0 Å². The van der Waals surface area contributed by atoms with Crippen LogP contribution in [0.15, 0.2) is 24.3 Å². The standard InChI is InChI=1S/C14H15N3O/c1-9(18)10-2-4-11(5-3-10)14-12-8-15-7-6-13(12)16-17-14/h2-5,15H,6-8H2,1H3,(H,16,17). The number of rotatable bonds is 2. The fourth-order valence-corrected chi connectivity index (χ4v) is 2.33. The number of nitrogens with one attached hydrogen (secondary N) is 2. The van der Waals surface area contributed by atoms with Crippen LogP contribution >= 0.6 is 0 Å². The molecule has 4 heteroatoms. The van der Waals surface area contributed by atoms with Crippen LogP contribution < -0.4 is 5.32 Å². The predicted octanol–water partition coefficient (Wildman–Crippen LogP) is 1.92. The van der Waals surface area contributed by atoms with Gasteiger partial charge in [0.1, 0.15) is 0 Å². The lowest BCUT2D eigenvalue weighted by molar-refractivity contribution is 0.101. The molecule has 1 aromatic heterocycles. The SMILES string of the molecule is CC(=O)c1ccc(-c2n[nH]c3c2CNCC3)cc1. The number of hydrogen-bond acceptors (Lipinski definition) is 3. The van der Waals surface area contributed by atoms with E-state index < -0.39 is 0 Å². The van der Waals surface area contributed by atoms with Gasteiger partial charge in [0, 0.05) is 41.9 Å². The summed E-state index contributed by atoms with van der Waals surface area (Å²) in [6.07, 6.45) is 0.994. The molecule has 0 radical (unpaired) electrons. The van der Waals surface area contributed by atoms with Gasteiger partial charge in [0.2, 0.25) is 0 Å². The molecule has 2 N–H and O–H groups in total. The Morgan fingerprint density at radius 2 is 2.06 bits per heavy atom. The Balaban J connectivity index is 1.99. The van der Waals surface area contributed by atoms with Crippen LogP contribution in [-0.2, 0) is 13.0 Å². The maximum Gasteiger partial charge on any atom is 0.159 e. The summed E-state index contributed by atoms with van der Waals surface area (Å²) >= 11 is 0. The maximum absolute atomic E-state index is 11.2. The summed E-state index contributed by atoms with van der Waals surface area (Å²) in [5.41, 5.74) is 5.26. The van der Waals surface area contributed by atoms with Crippen LogP contribution in [0.3, 0.4) is 0 Å². The Hall–Kier alpha value is -1.94. The van der Waals surface area contributed by atoms with E-state index in [1.807, 2.05) is 24.3 Å². The van der Waals surface area contributed by atoms with Crippen LogP contribution in [0.25, 0.3) is 11.3 Å². The Bertz CT molecular complexity index is 584. The number of aromatic amines is 1. The molecule has 2 heterocycles. The van der Waals surface area contributed by atoms with Gasteiger partial charge < -0.3 is 5.32 Å². The molecule has 0 saturated heterocycles. The van der Waals surface area contributed by atoms with Crippen LogP contribution in [0.5, 0.6) is 0 Å². The first-order valence-electron chi connectivity index (χ1n) is 6.14. The van der Waals surface area contributed by atoms with Crippen LogP contribution in [-0.4, -0.2) is 22.5 Å². The first-order valence-corrected chi connectivity index (χ1v) is 6.14. The van der Waals surface area contributed by atoms with Crippen molar-refractivity contribution >= 4 is 5.78 Å². The second-order valence-electron chi connectivity index (χ2n) is 4.59. The number of carbonyl (C=O) groups is 1. The first-order chi connectivity index (χ1) is 8.75. The van der Waals surface area contributed by atoms with Crippen molar-refractivity contribution in [1.82, 2.24) is 15.5 Å². The van der Waals surface area contributed by atoms with Crippen molar-refractivity contribution in [3.8, 4) is 11.3 Å². The minimum absolute atomic E-state index is 0.0901. The molecule has 0 fully saturated rings. The highest BCUT2D eigenvalue weighted by Crippen LogP contribution is 2.26. The van der Waals surface area contributed by atoms with Crippen LogP contribution in [0, 0.1) is 0 Å². The molecule has 3 rings (SSSR count). The molecule has 1 aliphatic rings. The van der Waals surface area contributed by atoms with Gasteiger partial charge in [0.15, 0.2) is 5.78 Å². The molecule has 0 spiro atoms. The number of fused-ring (bicyclic) bond motifs is 1. The van der Waals surface area contributed by atoms with Crippen LogP contribution in [0.1, 0.15) is 28.5 Å². The van der Waals surface area contributed by atoms with E-state index in [1.165, 1.54) is 11.3 Å². The summed E-state index contributed by atoms with van der Waals surface area (Å²) < 4.78 is 0. The smallest absolute Gasteiger partial charge is 0.159 e. The molecule has 0 saturated carbocycles. The topological polar surface area (TPSA) is 57.8 Å². The van der Waals surface area contributed by atoms with Gasteiger partial charge in [-0.05, 0) is 6.92 Å². The van der Waals surface area contributed by atoms with Gasteiger partial charge in [-0.3, -0.25) is 9.89 Å². The zero-order valence-corrected chi connectivity index (χ0v) is 10.3. The van der Waals surface area contributed by atoms with E-state index in [4.69, 9.17) is 0 Å². The summed E-state index contributed by atoms with van der Waals surface area (Å²) in [5, 5.41) is 10.9. The third kappa shape index (κ3) is 1.84. The molecule has 1 aromatic carbocycles. The van der Waals surface area contributed by atoms with E-state index >= 15 is 0 Å². The van der Waals surface area contributed by atoms with E-state index in [9.17, 15) is 4.79 Å². The molecule has 0 unspecified atom stereocenters. The number of benzene rings is 1. The largest absolute Gasteiger partial charge is 0.312 e. The summed E-state index contributed by atoms with van der Waals surface area (Å²) in [7, 11) is 0.